The summed E-state index contributed by atoms with van der Waals surface area (Å²) in [7, 11) is 0. The fraction of sp³-hybridized carbons (Fsp3) is 0.562. The van der Waals surface area contributed by atoms with Crippen molar-refractivity contribution in [1.29, 1.82) is 0 Å². The van der Waals surface area contributed by atoms with Gasteiger partial charge in [0.25, 0.3) is 0 Å². The van der Waals surface area contributed by atoms with Gasteiger partial charge in [0.1, 0.15) is 5.75 Å². The van der Waals surface area contributed by atoms with Crippen LogP contribution in [0.25, 0.3) is 0 Å². The van der Waals surface area contributed by atoms with E-state index in [2.05, 4.69) is 18.3 Å². The summed E-state index contributed by atoms with van der Waals surface area (Å²) in [5, 5.41) is 3.46. The van der Waals surface area contributed by atoms with Gasteiger partial charge in [-0.3, -0.25) is 0 Å². The predicted molar refractivity (Wildman–Crippen MR) is 77.8 cm³/mol. The van der Waals surface area contributed by atoms with E-state index in [1.54, 1.807) is 0 Å². The Balaban J connectivity index is 1.92. The largest absolute Gasteiger partial charge is 0.482 e. The van der Waals surface area contributed by atoms with Crippen LogP contribution in [0.5, 0.6) is 5.75 Å². The molecule has 0 heterocycles. The molecule has 1 aliphatic carbocycles. The third-order valence-corrected chi connectivity index (χ3v) is 3.09. The number of hydrogen-bond donors (Lipinski definition) is 1. The number of hydrogen-bond acceptors (Lipinski definition) is 4. The van der Waals surface area contributed by atoms with Crippen LogP contribution in [0.2, 0.25) is 0 Å². The smallest absolute Gasteiger partial charge is 0.344 e. The highest BCUT2D eigenvalue weighted by Crippen LogP contribution is 2.23. The molecule has 0 bridgehead atoms. The molecule has 0 radical (unpaired) electrons. The molecule has 0 aromatic heterocycles. The van der Waals surface area contributed by atoms with Crippen LogP contribution in [0, 0.1) is 6.92 Å². The molecule has 0 saturated heterocycles. The van der Waals surface area contributed by atoms with Gasteiger partial charge in [0.2, 0.25) is 0 Å². The maximum atomic E-state index is 11.5. The molecule has 4 nitrogen and oxygen atoms in total. The number of ether oxygens (including phenoxy) is 2. The molecule has 0 unspecified atom stereocenters. The number of benzene rings is 1. The van der Waals surface area contributed by atoms with Gasteiger partial charge < -0.3 is 14.8 Å². The van der Waals surface area contributed by atoms with E-state index in [1.807, 2.05) is 26.0 Å². The molecule has 1 aromatic carbocycles. The number of nitrogens with one attached hydrogen (secondary N) is 1. The van der Waals surface area contributed by atoms with E-state index < -0.39 is 0 Å². The van der Waals surface area contributed by atoms with Gasteiger partial charge in [0, 0.05) is 18.2 Å². The van der Waals surface area contributed by atoms with E-state index in [-0.39, 0.29) is 18.7 Å². The maximum Gasteiger partial charge on any atom is 0.344 e. The van der Waals surface area contributed by atoms with E-state index in [9.17, 15) is 4.79 Å². The summed E-state index contributed by atoms with van der Waals surface area (Å²) in [6.45, 7) is 6.44. The molecule has 1 aromatic rings. The van der Waals surface area contributed by atoms with E-state index in [0.717, 1.165) is 17.9 Å². The van der Waals surface area contributed by atoms with Crippen molar-refractivity contribution in [2.75, 3.05) is 6.61 Å². The third-order valence-electron chi connectivity index (χ3n) is 3.09. The first-order valence-electron chi connectivity index (χ1n) is 7.20. The molecule has 0 spiro atoms. The Bertz CT molecular complexity index is 467. The predicted octanol–water partition coefficient (Wildman–Crippen LogP) is 2.58. The van der Waals surface area contributed by atoms with Crippen molar-refractivity contribution < 1.29 is 14.3 Å². The summed E-state index contributed by atoms with van der Waals surface area (Å²) in [4.78, 5) is 11.5. The summed E-state index contributed by atoms with van der Waals surface area (Å²) in [6, 6.07) is 6.65. The fourth-order valence-electron chi connectivity index (χ4n) is 1.96. The monoisotopic (exact) mass is 277 g/mol. The number of rotatable bonds is 7. The number of carbonyl (C=O) groups excluding carboxylic acids is 1. The van der Waals surface area contributed by atoms with Crippen LogP contribution in [-0.2, 0) is 16.1 Å². The van der Waals surface area contributed by atoms with Crippen molar-refractivity contribution >= 4 is 5.97 Å². The lowest BCUT2D eigenvalue weighted by Crippen LogP contribution is -2.20. The molecule has 110 valence electrons. The molecular weight excluding hydrogens is 254 g/mol. The minimum atomic E-state index is -0.332. The number of carbonyl (C=O) groups is 1. The average molecular weight is 277 g/mol. The third kappa shape index (κ3) is 4.85. The van der Waals surface area contributed by atoms with Gasteiger partial charge in [0.05, 0.1) is 6.10 Å². The van der Waals surface area contributed by atoms with E-state index in [0.29, 0.717) is 6.04 Å². The second-order valence-electron chi connectivity index (χ2n) is 5.59. The average Bonchev–Trinajstić information content (AvgIpc) is 3.18. The highest BCUT2D eigenvalue weighted by atomic mass is 16.6. The van der Waals surface area contributed by atoms with Gasteiger partial charge in [-0.1, -0.05) is 17.7 Å². The standard InChI is InChI=1S/C16H23NO3/c1-11(2)20-16(18)10-19-15-7-4-12(3)8-13(15)9-17-14-5-6-14/h4,7-8,11,14,17H,5-6,9-10H2,1-3H3. The molecule has 1 fully saturated rings. The summed E-state index contributed by atoms with van der Waals surface area (Å²) in [5.74, 6) is 0.422. The van der Waals surface area contributed by atoms with E-state index >= 15 is 0 Å². The zero-order valence-corrected chi connectivity index (χ0v) is 12.4. The molecular formula is C16H23NO3. The SMILES string of the molecule is Cc1ccc(OCC(=O)OC(C)C)c(CNC2CC2)c1. The van der Waals surface area contributed by atoms with Crippen LogP contribution in [0.4, 0.5) is 0 Å². The van der Waals surface area contributed by atoms with Crippen LogP contribution < -0.4 is 10.1 Å². The molecule has 2 rings (SSSR count). The normalized spacial score (nSPS) is 14.4. The summed E-state index contributed by atoms with van der Waals surface area (Å²) < 4.78 is 10.7. The molecule has 1 saturated carbocycles. The van der Waals surface area contributed by atoms with Crippen molar-refractivity contribution in [2.24, 2.45) is 0 Å². The highest BCUT2D eigenvalue weighted by Gasteiger charge is 2.20. The van der Waals surface area contributed by atoms with Crippen molar-refractivity contribution in [1.82, 2.24) is 5.32 Å². The first-order chi connectivity index (χ1) is 9.54. The van der Waals surface area contributed by atoms with Gasteiger partial charge in [-0.15, -0.1) is 0 Å². The number of aryl methyl sites for hydroxylation is 1. The van der Waals surface area contributed by atoms with Crippen LogP contribution >= 0.6 is 0 Å². The Labute approximate surface area is 120 Å². The van der Waals surface area contributed by atoms with E-state index in [4.69, 9.17) is 9.47 Å². The van der Waals surface area contributed by atoms with Gasteiger partial charge in [0.15, 0.2) is 6.61 Å². The quantitative estimate of drug-likeness (QED) is 0.778. The molecule has 0 amide bonds. The zero-order valence-electron chi connectivity index (χ0n) is 12.4. The minimum absolute atomic E-state index is 0.0440. The first kappa shape index (κ1) is 14.9. The lowest BCUT2D eigenvalue weighted by molar-refractivity contribution is -0.149. The van der Waals surface area contributed by atoms with Crippen molar-refractivity contribution in [2.45, 2.75) is 52.3 Å². The van der Waals surface area contributed by atoms with E-state index in [1.165, 1.54) is 18.4 Å². The molecule has 20 heavy (non-hydrogen) atoms. The Hall–Kier alpha value is -1.55. The van der Waals surface area contributed by atoms with Gasteiger partial charge in [-0.05, 0) is 39.7 Å². The summed E-state index contributed by atoms with van der Waals surface area (Å²) in [5.41, 5.74) is 2.28. The summed E-state index contributed by atoms with van der Waals surface area (Å²) >= 11 is 0. The Kier molecular flexibility index (Phi) is 5.01. The van der Waals surface area contributed by atoms with Crippen LogP contribution in [-0.4, -0.2) is 24.7 Å². The van der Waals surface area contributed by atoms with Gasteiger partial charge in [-0.25, -0.2) is 4.79 Å². The summed E-state index contributed by atoms with van der Waals surface area (Å²) in [6.07, 6.45) is 2.39. The molecule has 0 atom stereocenters. The topological polar surface area (TPSA) is 47.6 Å². The highest BCUT2D eigenvalue weighted by molar-refractivity contribution is 5.71. The van der Waals surface area contributed by atoms with Crippen molar-refractivity contribution in [3.05, 3.63) is 29.3 Å². The van der Waals surface area contributed by atoms with Gasteiger partial charge >= 0.3 is 5.97 Å². The van der Waals surface area contributed by atoms with Gasteiger partial charge in [-0.2, -0.15) is 0 Å². The zero-order chi connectivity index (χ0) is 14.5. The van der Waals surface area contributed by atoms with Crippen molar-refractivity contribution in [3.63, 3.8) is 0 Å². The molecule has 1 aliphatic rings. The minimum Gasteiger partial charge on any atom is -0.482 e. The van der Waals surface area contributed by atoms with Crippen LogP contribution in [0.1, 0.15) is 37.8 Å². The van der Waals surface area contributed by atoms with Crippen LogP contribution in [0.3, 0.4) is 0 Å². The maximum absolute atomic E-state index is 11.5. The fourth-order valence-corrected chi connectivity index (χ4v) is 1.96. The first-order valence-corrected chi connectivity index (χ1v) is 7.20. The Morgan fingerprint density at radius 1 is 1.40 bits per heavy atom. The molecule has 0 aliphatic heterocycles. The molecule has 4 heteroatoms. The number of esters is 1. The van der Waals surface area contributed by atoms with Crippen molar-refractivity contribution in [3.8, 4) is 5.75 Å². The second-order valence-corrected chi connectivity index (χ2v) is 5.59. The Morgan fingerprint density at radius 3 is 2.80 bits per heavy atom. The second kappa shape index (κ2) is 6.75. The lowest BCUT2D eigenvalue weighted by Gasteiger charge is -2.13. The Morgan fingerprint density at radius 2 is 2.15 bits per heavy atom. The lowest BCUT2D eigenvalue weighted by atomic mass is 10.1. The molecule has 1 N–H and O–H groups in total. The van der Waals surface area contributed by atoms with Crippen LogP contribution in [0.15, 0.2) is 18.2 Å².